The first-order valence-electron chi connectivity index (χ1n) is 10.5. The Morgan fingerprint density at radius 3 is 2.62 bits per heavy atom. The Morgan fingerprint density at radius 2 is 1.91 bits per heavy atom. The number of benzene rings is 1. The Kier molecular flexibility index (Phi) is 6.59. The predicted octanol–water partition coefficient (Wildman–Crippen LogP) is 2.37. The van der Waals surface area contributed by atoms with Crippen LogP contribution < -0.4 is 10.2 Å². The molecular weight excluding hydrogens is 425 g/mol. The van der Waals surface area contributed by atoms with Gasteiger partial charge < -0.3 is 19.9 Å². The molecule has 7 nitrogen and oxygen atoms in total. The average molecular weight is 448 g/mol. The highest BCUT2D eigenvalue weighted by molar-refractivity contribution is 5.99. The van der Waals surface area contributed by atoms with E-state index in [0.717, 1.165) is 12.8 Å². The van der Waals surface area contributed by atoms with Crippen molar-refractivity contribution in [2.45, 2.75) is 18.9 Å². The molecule has 1 atom stereocenters. The van der Waals surface area contributed by atoms with Gasteiger partial charge in [0, 0.05) is 51.6 Å². The first-order chi connectivity index (χ1) is 15.4. The largest absolute Gasteiger partial charge is 0.376 e. The summed E-state index contributed by atoms with van der Waals surface area (Å²) in [6, 6.07) is 4.44. The maximum Gasteiger partial charge on any atom is 0.257 e. The van der Waals surface area contributed by atoms with Crippen LogP contribution >= 0.6 is 0 Å². The van der Waals surface area contributed by atoms with E-state index in [2.05, 4.69) is 10.3 Å². The number of rotatable bonds is 5. The second kappa shape index (κ2) is 9.56. The quantitative estimate of drug-likeness (QED) is 0.711. The smallest absolute Gasteiger partial charge is 0.257 e. The average Bonchev–Trinajstić information content (AvgIpc) is 3.33. The van der Waals surface area contributed by atoms with E-state index in [4.69, 9.17) is 4.74 Å². The Balaban J connectivity index is 1.41. The lowest BCUT2D eigenvalue weighted by Crippen LogP contribution is -2.49. The Morgan fingerprint density at radius 1 is 1.12 bits per heavy atom. The molecule has 0 radical (unpaired) electrons. The number of halogens is 3. The summed E-state index contributed by atoms with van der Waals surface area (Å²) < 4.78 is 46.5. The topological polar surface area (TPSA) is 74.8 Å². The van der Waals surface area contributed by atoms with Gasteiger partial charge in [-0.25, -0.2) is 18.2 Å². The second-order valence-corrected chi connectivity index (χ2v) is 7.75. The number of amides is 2. The summed E-state index contributed by atoms with van der Waals surface area (Å²) in [4.78, 5) is 32.8. The standard InChI is InChI=1S/C22H23F3N4O3/c23-14-11-17(19(25)18(24)12-14)22(31)29-8-6-28(7-9-29)20-16(4-1-5-26-20)21(30)27-13-15-3-2-10-32-15/h1,4-5,11-12,15H,2-3,6-10,13H2,(H,27,30)/t15-/m1/s1. The van der Waals surface area contributed by atoms with Crippen LogP contribution in [0.1, 0.15) is 33.6 Å². The molecule has 4 rings (SSSR count). The number of carbonyl (C=O) groups is 2. The third-order valence-electron chi connectivity index (χ3n) is 5.64. The number of hydrogen-bond acceptors (Lipinski definition) is 5. The van der Waals surface area contributed by atoms with E-state index in [1.807, 2.05) is 4.90 Å². The van der Waals surface area contributed by atoms with E-state index >= 15 is 0 Å². The zero-order chi connectivity index (χ0) is 22.7. The lowest BCUT2D eigenvalue weighted by molar-refractivity contribution is 0.0739. The van der Waals surface area contributed by atoms with Gasteiger partial charge in [0.1, 0.15) is 11.6 Å². The molecule has 0 aliphatic carbocycles. The molecule has 0 bridgehead atoms. The minimum absolute atomic E-state index is 0.0154. The van der Waals surface area contributed by atoms with Crippen LogP contribution in [0.15, 0.2) is 30.5 Å². The van der Waals surface area contributed by atoms with Gasteiger partial charge in [0.2, 0.25) is 0 Å². The zero-order valence-corrected chi connectivity index (χ0v) is 17.3. The monoisotopic (exact) mass is 448 g/mol. The van der Waals surface area contributed by atoms with Crippen LogP contribution in [-0.4, -0.2) is 67.1 Å². The normalized spacial score (nSPS) is 18.7. The summed E-state index contributed by atoms with van der Waals surface area (Å²) in [5.41, 5.74) is -0.230. The highest BCUT2D eigenvalue weighted by Gasteiger charge is 2.28. The number of pyridine rings is 1. The van der Waals surface area contributed by atoms with Gasteiger partial charge in [-0.2, -0.15) is 0 Å². The van der Waals surface area contributed by atoms with Crippen LogP contribution in [0.4, 0.5) is 19.0 Å². The second-order valence-electron chi connectivity index (χ2n) is 7.75. The summed E-state index contributed by atoms with van der Waals surface area (Å²) in [5.74, 6) is -4.35. The minimum Gasteiger partial charge on any atom is -0.376 e. The van der Waals surface area contributed by atoms with Gasteiger partial charge in [0.25, 0.3) is 11.8 Å². The lowest BCUT2D eigenvalue weighted by Gasteiger charge is -2.36. The molecule has 3 heterocycles. The van der Waals surface area contributed by atoms with E-state index < -0.39 is 28.9 Å². The van der Waals surface area contributed by atoms with E-state index in [0.29, 0.717) is 49.8 Å². The minimum atomic E-state index is -1.40. The molecule has 2 amide bonds. The molecule has 1 N–H and O–H groups in total. The predicted molar refractivity (Wildman–Crippen MR) is 110 cm³/mol. The number of piperazine rings is 1. The van der Waals surface area contributed by atoms with Crippen LogP contribution in [0, 0.1) is 17.5 Å². The number of nitrogens with zero attached hydrogens (tertiary/aromatic N) is 3. The highest BCUT2D eigenvalue weighted by atomic mass is 19.2. The fourth-order valence-corrected chi connectivity index (χ4v) is 3.94. The molecule has 32 heavy (non-hydrogen) atoms. The zero-order valence-electron chi connectivity index (χ0n) is 17.3. The molecule has 10 heteroatoms. The van der Waals surface area contributed by atoms with Crippen molar-refractivity contribution in [3.05, 3.63) is 59.0 Å². The number of ether oxygens (including phenoxy) is 1. The molecule has 1 aromatic carbocycles. The van der Waals surface area contributed by atoms with Crippen molar-refractivity contribution in [3.63, 3.8) is 0 Å². The SMILES string of the molecule is O=C(NC[C@H]1CCCO1)c1cccnc1N1CCN(C(=O)c2cc(F)cc(F)c2F)CC1. The summed E-state index contributed by atoms with van der Waals surface area (Å²) >= 11 is 0. The van der Waals surface area contributed by atoms with Gasteiger partial charge >= 0.3 is 0 Å². The molecule has 2 aromatic rings. The summed E-state index contributed by atoms with van der Waals surface area (Å²) in [7, 11) is 0. The lowest BCUT2D eigenvalue weighted by atomic mass is 10.1. The van der Waals surface area contributed by atoms with Gasteiger partial charge in [0.05, 0.1) is 17.2 Å². The molecule has 0 spiro atoms. The molecule has 2 aliphatic heterocycles. The number of hydrogen-bond donors (Lipinski definition) is 1. The molecule has 2 saturated heterocycles. The fraction of sp³-hybridized carbons (Fsp3) is 0.409. The van der Waals surface area contributed by atoms with Crippen LogP contribution in [-0.2, 0) is 4.74 Å². The Bertz CT molecular complexity index is 1010. The van der Waals surface area contributed by atoms with E-state index in [1.165, 1.54) is 4.90 Å². The number of anilines is 1. The molecule has 170 valence electrons. The van der Waals surface area contributed by atoms with Crippen molar-refractivity contribution in [1.29, 1.82) is 0 Å². The van der Waals surface area contributed by atoms with E-state index in [-0.39, 0.29) is 25.1 Å². The molecule has 0 unspecified atom stereocenters. The molecule has 2 fully saturated rings. The summed E-state index contributed by atoms with van der Waals surface area (Å²) in [6.45, 7) is 2.15. The van der Waals surface area contributed by atoms with Crippen molar-refractivity contribution in [2.75, 3.05) is 44.2 Å². The first-order valence-corrected chi connectivity index (χ1v) is 10.5. The van der Waals surface area contributed by atoms with Crippen LogP contribution in [0.5, 0.6) is 0 Å². The third-order valence-corrected chi connectivity index (χ3v) is 5.64. The summed E-state index contributed by atoms with van der Waals surface area (Å²) in [6.07, 6.45) is 3.48. The third kappa shape index (κ3) is 4.69. The Hall–Kier alpha value is -3.14. The number of nitrogens with one attached hydrogen (secondary N) is 1. The van der Waals surface area contributed by atoms with Crippen molar-refractivity contribution in [1.82, 2.24) is 15.2 Å². The van der Waals surface area contributed by atoms with Crippen molar-refractivity contribution in [2.24, 2.45) is 0 Å². The molecule has 2 aliphatic rings. The van der Waals surface area contributed by atoms with Gasteiger partial charge in [0.15, 0.2) is 11.6 Å². The molecular formula is C22H23F3N4O3. The van der Waals surface area contributed by atoms with Gasteiger partial charge in [-0.15, -0.1) is 0 Å². The number of carbonyl (C=O) groups excluding carboxylic acids is 2. The highest BCUT2D eigenvalue weighted by Crippen LogP contribution is 2.22. The Labute approximate surface area is 183 Å². The van der Waals surface area contributed by atoms with E-state index in [1.54, 1.807) is 18.3 Å². The maximum atomic E-state index is 14.0. The van der Waals surface area contributed by atoms with Crippen LogP contribution in [0.3, 0.4) is 0 Å². The molecule has 0 saturated carbocycles. The van der Waals surface area contributed by atoms with E-state index in [9.17, 15) is 22.8 Å². The molecule has 1 aromatic heterocycles. The van der Waals surface area contributed by atoms with Crippen LogP contribution in [0.25, 0.3) is 0 Å². The number of aromatic nitrogens is 1. The first kappa shape index (κ1) is 22.1. The van der Waals surface area contributed by atoms with Crippen LogP contribution in [0.2, 0.25) is 0 Å². The van der Waals surface area contributed by atoms with Gasteiger partial charge in [-0.1, -0.05) is 0 Å². The summed E-state index contributed by atoms with van der Waals surface area (Å²) in [5, 5.41) is 2.88. The van der Waals surface area contributed by atoms with Crippen molar-refractivity contribution in [3.8, 4) is 0 Å². The van der Waals surface area contributed by atoms with Gasteiger partial charge in [-0.3, -0.25) is 9.59 Å². The van der Waals surface area contributed by atoms with Crippen molar-refractivity contribution >= 4 is 17.6 Å². The maximum absolute atomic E-state index is 14.0. The van der Waals surface area contributed by atoms with Gasteiger partial charge in [-0.05, 0) is 31.0 Å². The van der Waals surface area contributed by atoms with Crippen molar-refractivity contribution < 1.29 is 27.5 Å². The fourth-order valence-electron chi connectivity index (χ4n) is 3.94.